The molecule has 0 radical (unpaired) electrons. The van der Waals surface area contributed by atoms with Crippen LogP contribution in [0.25, 0.3) is 0 Å². The number of amides is 2. The van der Waals surface area contributed by atoms with Crippen molar-refractivity contribution in [2.75, 3.05) is 50.7 Å². The molecule has 5 nitrogen and oxygen atoms in total. The van der Waals surface area contributed by atoms with Crippen LogP contribution in [0.1, 0.15) is 25.3 Å². The van der Waals surface area contributed by atoms with Gasteiger partial charge in [0.25, 0.3) is 0 Å². The maximum Gasteiger partial charge on any atom is 0.317 e. The summed E-state index contributed by atoms with van der Waals surface area (Å²) < 4.78 is 14.2. The van der Waals surface area contributed by atoms with Gasteiger partial charge in [0.15, 0.2) is 0 Å². The molecule has 2 amide bonds. The van der Waals surface area contributed by atoms with Crippen molar-refractivity contribution in [3.63, 3.8) is 0 Å². The number of nitrogens with zero attached hydrogens (tertiary/aromatic N) is 3. The van der Waals surface area contributed by atoms with E-state index < -0.39 is 0 Å². The van der Waals surface area contributed by atoms with Crippen LogP contribution in [0.5, 0.6) is 0 Å². The first-order valence-electron chi connectivity index (χ1n) is 9.35. The number of hydrogen-bond acceptors (Lipinski definition) is 3. The van der Waals surface area contributed by atoms with Crippen molar-refractivity contribution < 1.29 is 9.18 Å². The van der Waals surface area contributed by atoms with Crippen LogP contribution in [-0.2, 0) is 0 Å². The van der Waals surface area contributed by atoms with Gasteiger partial charge in [-0.15, -0.1) is 0 Å². The fourth-order valence-electron chi connectivity index (χ4n) is 3.71. The molecule has 0 aliphatic carbocycles. The third kappa shape index (κ3) is 4.42. The predicted octanol–water partition coefficient (Wildman–Crippen LogP) is 2.45. The van der Waals surface area contributed by atoms with Gasteiger partial charge >= 0.3 is 6.03 Å². The highest BCUT2D eigenvalue weighted by Gasteiger charge is 2.26. The Kier molecular flexibility index (Phi) is 5.78. The van der Waals surface area contributed by atoms with Crippen molar-refractivity contribution in [3.8, 4) is 0 Å². The van der Waals surface area contributed by atoms with Gasteiger partial charge in [0.05, 0.1) is 5.69 Å². The van der Waals surface area contributed by atoms with E-state index >= 15 is 0 Å². The Morgan fingerprint density at radius 1 is 1.24 bits per heavy atom. The summed E-state index contributed by atoms with van der Waals surface area (Å²) in [5, 5.41) is 3.16. The van der Waals surface area contributed by atoms with E-state index in [0.717, 1.165) is 57.7 Å². The van der Waals surface area contributed by atoms with E-state index in [1.807, 2.05) is 17.9 Å². The van der Waals surface area contributed by atoms with Crippen molar-refractivity contribution in [1.82, 2.24) is 15.1 Å². The third-order valence-electron chi connectivity index (χ3n) is 5.30. The van der Waals surface area contributed by atoms with Gasteiger partial charge in [0.1, 0.15) is 5.82 Å². The number of rotatable bonds is 3. The highest BCUT2D eigenvalue weighted by atomic mass is 19.1. The minimum atomic E-state index is -0.187. The summed E-state index contributed by atoms with van der Waals surface area (Å²) in [6, 6.07) is 5.30. The summed E-state index contributed by atoms with van der Waals surface area (Å²) in [5.74, 6) is -0.187. The van der Waals surface area contributed by atoms with E-state index in [1.165, 1.54) is 6.07 Å². The number of anilines is 1. The van der Waals surface area contributed by atoms with E-state index in [1.54, 1.807) is 6.07 Å². The average molecular weight is 348 g/mol. The summed E-state index contributed by atoms with van der Waals surface area (Å²) >= 11 is 0. The zero-order chi connectivity index (χ0) is 17.8. The van der Waals surface area contributed by atoms with Crippen LogP contribution in [0.4, 0.5) is 14.9 Å². The number of hydrogen-bond donors (Lipinski definition) is 1. The molecule has 6 heteroatoms. The molecule has 0 spiro atoms. The summed E-state index contributed by atoms with van der Waals surface area (Å²) in [7, 11) is 0. The highest BCUT2D eigenvalue weighted by molar-refractivity contribution is 5.74. The lowest BCUT2D eigenvalue weighted by Gasteiger charge is -2.38. The fourth-order valence-corrected chi connectivity index (χ4v) is 3.71. The van der Waals surface area contributed by atoms with Crippen LogP contribution < -0.4 is 10.2 Å². The topological polar surface area (TPSA) is 38.8 Å². The molecule has 1 aromatic carbocycles. The van der Waals surface area contributed by atoms with Crippen LogP contribution in [0.2, 0.25) is 0 Å². The van der Waals surface area contributed by atoms with Gasteiger partial charge in [0, 0.05) is 45.3 Å². The van der Waals surface area contributed by atoms with Gasteiger partial charge in [-0.25, -0.2) is 9.18 Å². The van der Waals surface area contributed by atoms with Crippen molar-refractivity contribution in [2.24, 2.45) is 0 Å². The van der Waals surface area contributed by atoms with Gasteiger partial charge in [-0.1, -0.05) is 13.0 Å². The SMILES string of the molecule is CCN1CCN(C(=O)NC2CCCN(c3cc(C)ccc3F)C2)CC1. The van der Waals surface area contributed by atoms with E-state index in [0.29, 0.717) is 12.2 Å². The van der Waals surface area contributed by atoms with Gasteiger partial charge in [-0.3, -0.25) is 0 Å². The molecule has 1 atom stereocenters. The number of carbonyl (C=O) groups excluding carboxylic acids is 1. The van der Waals surface area contributed by atoms with Crippen molar-refractivity contribution in [3.05, 3.63) is 29.6 Å². The van der Waals surface area contributed by atoms with Crippen LogP contribution in [-0.4, -0.2) is 67.7 Å². The molecular weight excluding hydrogens is 319 g/mol. The molecule has 2 fully saturated rings. The molecule has 0 bridgehead atoms. The Labute approximate surface area is 149 Å². The van der Waals surface area contributed by atoms with Gasteiger partial charge in [-0.05, 0) is 44.0 Å². The maximum atomic E-state index is 14.2. The molecule has 0 saturated carbocycles. The van der Waals surface area contributed by atoms with Gasteiger partial charge in [-0.2, -0.15) is 0 Å². The van der Waals surface area contributed by atoms with Crippen LogP contribution in [0.3, 0.4) is 0 Å². The summed E-state index contributed by atoms with van der Waals surface area (Å²) in [5.41, 5.74) is 1.70. The van der Waals surface area contributed by atoms with Gasteiger partial charge in [0.2, 0.25) is 0 Å². The maximum absolute atomic E-state index is 14.2. The Hall–Kier alpha value is -1.82. The zero-order valence-electron chi connectivity index (χ0n) is 15.3. The lowest BCUT2D eigenvalue weighted by molar-refractivity contribution is 0.140. The first-order chi connectivity index (χ1) is 12.1. The molecule has 1 aromatic rings. The van der Waals surface area contributed by atoms with E-state index in [4.69, 9.17) is 0 Å². The molecule has 25 heavy (non-hydrogen) atoms. The number of halogens is 1. The number of aryl methyl sites for hydroxylation is 1. The fraction of sp³-hybridized carbons (Fsp3) is 0.632. The minimum absolute atomic E-state index is 0.0207. The standard InChI is InChI=1S/C19H29FN4O/c1-3-22-9-11-23(12-10-22)19(25)21-16-5-4-8-24(14-16)18-13-15(2)6-7-17(18)20/h6-7,13,16H,3-5,8-12,14H2,1-2H3,(H,21,25). The van der Waals surface area contributed by atoms with Crippen LogP contribution in [0, 0.1) is 12.7 Å². The van der Waals surface area contributed by atoms with E-state index in [-0.39, 0.29) is 17.9 Å². The first kappa shape index (κ1) is 18.0. The van der Waals surface area contributed by atoms with Crippen molar-refractivity contribution in [2.45, 2.75) is 32.7 Å². The number of benzene rings is 1. The second-order valence-electron chi connectivity index (χ2n) is 7.11. The molecule has 0 aromatic heterocycles. The largest absolute Gasteiger partial charge is 0.367 e. The Morgan fingerprint density at radius 3 is 2.72 bits per heavy atom. The molecule has 1 N–H and O–H groups in total. The number of piperazine rings is 1. The van der Waals surface area contributed by atoms with Crippen LogP contribution >= 0.6 is 0 Å². The first-order valence-corrected chi connectivity index (χ1v) is 9.35. The minimum Gasteiger partial charge on any atom is -0.367 e. The molecule has 138 valence electrons. The van der Waals surface area contributed by atoms with Crippen molar-refractivity contribution >= 4 is 11.7 Å². The lowest BCUT2D eigenvalue weighted by atomic mass is 10.0. The van der Waals surface area contributed by atoms with Crippen molar-refractivity contribution in [1.29, 1.82) is 0 Å². The van der Waals surface area contributed by atoms with E-state index in [9.17, 15) is 9.18 Å². The second-order valence-corrected chi connectivity index (χ2v) is 7.11. The van der Waals surface area contributed by atoms with Crippen LogP contribution in [0.15, 0.2) is 18.2 Å². The molecule has 2 aliphatic rings. The molecular formula is C19H29FN4O. The molecule has 2 aliphatic heterocycles. The molecule has 2 heterocycles. The smallest absolute Gasteiger partial charge is 0.317 e. The monoisotopic (exact) mass is 348 g/mol. The molecule has 3 rings (SSSR count). The summed E-state index contributed by atoms with van der Waals surface area (Å²) in [6.07, 6.45) is 1.91. The lowest BCUT2D eigenvalue weighted by Crippen LogP contribution is -2.56. The second kappa shape index (κ2) is 8.04. The Balaban J connectivity index is 1.56. The number of piperidine rings is 1. The number of urea groups is 1. The number of carbonyl (C=O) groups is 1. The van der Waals surface area contributed by atoms with Gasteiger partial charge < -0.3 is 20.0 Å². The molecule has 2 saturated heterocycles. The molecule has 1 unspecified atom stereocenters. The third-order valence-corrected chi connectivity index (χ3v) is 5.30. The quantitative estimate of drug-likeness (QED) is 0.912. The number of likely N-dealkylation sites (N-methyl/N-ethyl adjacent to an activating group) is 1. The average Bonchev–Trinajstić information content (AvgIpc) is 2.64. The summed E-state index contributed by atoms with van der Waals surface area (Å²) in [6.45, 7) is 10.1. The normalized spacial score (nSPS) is 22.1. The predicted molar refractivity (Wildman–Crippen MR) is 98.6 cm³/mol. The zero-order valence-corrected chi connectivity index (χ0v) is 15.3. The Morgan fingerprint density at radius 2 is 2.00 bits per heavy atom. The van der Waals surface area contributed by atoms with E-state index in [2.05, 4.69) is 22.0 Å². The number of nitrogens with one attached hydrogen (secondary N) is 1. The Bertz CT molecular complexity index is 601. The summed E-state index contributed by atoms with van der Waals surface area (Å²) in [4.78, 5) is 18.8. The highest BCUT2D eigenvalue weighted by Crippen LogP contribution is 2.24.